The summed E-state index contributed by atoms with van der Waals surface area (Å²) in [5.41, 5.74) is 0.616. The van der Waals surface area contributed by atoms with E-state index in [1.54, 1.807) is 50.6 Å². The second-order valence-corrected chi connectivity index (χ2v) is 7.63. The van der Waals surface area contributed by atoms with Gasteiger partial charge in [-0.3, -0.25) is 0 Å². The number of carbonyl (C=O) groups is 1. The molecule has 1 atom stereocenters. The molecule has 0 aromatic heterocycles. The van der Waals surface area contributed by atoms with E-state index in [1.807, 2.05) is 6.07 Å². The first-order chi connectivity index (χ1) is 13.0. The first kappa shape index (κ1) is 20.1. The van der Waals surface area contributed by atoms with Gasteiger partial charge in [-0.1, -0.05) is 33.6 Å². The Morgan fingerprint density at radius 1 is 1.22 bits per heavy atom. The Balaban J connectivity index is 1.91. The quantitative estimate of drug-likeness (QED) is 0.471. The van der Waals surface area contributed by atoms with E-state index in [0.29, 0.717) is 29.4 Å². The fourth-order valence-corrected chi connectivity index (χ4v) is 3.80. The predicted octanol–water partition coefficient (Wildman–Crippen LogP) is 4.60. The van der Waals surface area contributed by atoms with Crippen LogP contribution in [0.5, 0.6) is 5.75 Å². The van der Waals surface area contributed by atoms with Crippen LogP contribution in [0.15, 0.2) is 46.9 Å². The van der Waals surface area contributed by atoms with Gasteiger partial charge in [0, 0.05) is 29.3 Å². The number of esters is 1. The summed E-state index contributed by atoms with van der Waals surface area (Å²) in [6.07, 6.45) is -0.0410. The molecule has 0 saturated carbocycles. The van der Waals surface area contributed by atoms with Crippen molar-refractivity contribution in [2.24, 2.45) is 0 Å². The summed E-state index contributed by atoms with van der Waals surface area (Å²) in [6, 6.07) is 12.4. The first-order valence-electron chi connectivity index (χ1n) is 8.41. The molecular weight excluding hydrogens is 436 g/mol. The van der Waals surface area contributed by atoms with Gasteiger partial charge in [0.1, 0.15) is 12.4 Å². The minimum atomic E-state index is -0.702. The van der Waals surface area contributed by atoms with E-state index in [4.69, 9.17) is 30.5 Å². The van der Waals surface area contributed by atoms with Gasteiger partial charge in [0.15, 0.2) is 6.29 Å². The summed E-state index contributed by atoms with van der Waals surface area (Å²) >= 11 is 9.46. The zero-order valence-corrected chi connectivity index (χ0v) is 17.4. The molecule has 0 N–H and O–H groups in total. The fourth-order valence-electron chi connectivity index (χ4n) is 3.38. The largest absolute Gasteiger partial charge is 0.493 e. The Kier molecular flexibility index (Phi) is 6.42. The number of hydrogen-bond acceptors (Lipinski definition) is 5. The monoisotopic (exact) mass is 454 g/mol. The highest BCUT2D eigenvalue weighted by Crippen LogP contribution is 2.44. The van der Waals surface area contributed by atoms with Crippen molar-refractivity contribution in [3.8, 4) is 5.75 Å². The number of carbonyl (C=O) groups excluding carboxylic acids is 1. The second kappa shape index (κ2) is 8.61. The van der Waals surface area contributed by atoms with Gasteiger partial charge in [-0.05, 0) is 42.8 Å². The van der Waals surface area contributed by atoms with Crippen LogP contribution in [-0.4, -0.2) is 39.7 Å². The first-order valence-corrected chi connectivity index (χ1v) is 9.58. The minimum Gasteiger partial charge on any atom is -0.493 e. The van der Waals surface area contributed by atoms with Gasteiger partial charge in [0.25, 0.3) is 0 Å². The second-order valence-electron chi connectivity index (χ2n) is 6.28. The van der Waals surface area contributed by atoms with E-state index >= 15 is 0 Å². The number of methoxy groups -OCH3 is 2. The average Bonchev–Trinajstić information content (AvgIpc) is 2.67. The third-order valence-electron chi connectivity index (χ3n) is 4.71. The Hall–Kier alpha value is -1.60. The van der Waals surface area contributed by atoms with Crippen molar-refractivity contribution in [3.05, 3.63) is 63.1 Å². The molecule has 5 nitrogen and oxygen atoms in total. The molecule has 1 aliphatic heterocycles. The van der Waals surface area contributed by atoms with Crippen LogP contribution in [0.2, 0.25) is 5.02 Å². The zero-order valence-electron chi connectivity index (χ0n) is 15.0. The normalized spacial score (nSPS) is 18.7. The highest BCUT2D eigenvalue weighted by atomic mass is 79.9. The lowest BCUT2D eigenvalue weighted by Gasteiger charge is -2.42. The van der Waals surface area contributed by atoms with E-state index in [2.05, 4.69) is 15.9 Å². The van der Waals surface area contributed by atoms with Crippen molar-refractivity contribution in [2.75, 3.05) is 27.4 Å². The Morgan fingerprint density at radius 3 is 2.59 bits per heavy atom. The van der Waals surface area contributed by atoms with Crippen molar-refractivity contribution in [2.45, 2.75) is 18.1 Å². The zero-order chi connectivity index (χ0) is 19.4. The Morgan fingerprint density at radius 2 is 1.93 bits per heavy atom. The van der Waals surface area contributed by atoms with Gasteiger partial charge in [-0.15, -0.1) is 0 Å². The van der Waals surface area contributed by atoms with Gasteiger partial charge in [0.2, 0.25) is 0 Å². The van der Waals surface area contributed by atoms with Crippen molar-refractivity contribution >= 4 is 33.5 Å². The minimum absolute atomic E-state index is 0.0895. The molecule has 2 aromatic rings. The standard InChI is InChI=1S/C20H20BrClO5/c1-24-19(25-2)20(9-10-26-17-11-15(22)7-8-16(17)20)12-27-18(23)13-3-5-14(21)6-4-13/h3-8,11,19H,9-10,12H2,1-2H3. The number of halogens is 2. The molecule has 3 rings (SSSR count). The molecule has 0 aliphatic carbocycles. The molecule has 1 unspecified atom stereocenters. The van der Waals surface area contributed by atoms with E-state index < -0.39 is 17.7 Å². The van der Waals surface area contributed by atoms with Gasteiger partial charge < -0.3 is 18.9 Å². The predicted molar refractivity (Wildman–Crippen MR) is 105 cm³/mol. The SMILES string of the molecule is COC(OC)C1(COC(=O)c2ccc(Br)cc2)CCOc2cc(Cl)ccc21. The molecule has 7 heteroatoms. The number of hydrogen-bond donors (Lipinski definition) is 0. The van der Waals surface area contributed by atoms with Gasteiger partial charge >= 0.3 is 5.97 Å². The molecule has 1 aliphatic rings. The van der Waals surface area contributed by atoms with Crippen LogP contribution < -0.4 is 4.74 Å². The lowest BCUT2D eigenvalue weighted by molar-refractivity contribution is -0.167. The molecule has 144 valence electrons. The summed E-state index contributed by atoms with van der Waals surface area (Å²) in [6.45, 7) is 0.526. The summed E-state index contributed by atoms with van der Waals surface area (Å²) in [4.78, 5) is 12.5. The average molecular weight is 456 g/mol. The number of fused-ring (bicyclic) bond motifs is 1. The Bertz CT molecular complexity index is 807. The fraction of sp³-hybridized carbons (Fsp3) is 0.350. The third kappa shape index (κ3) is 4.14. The molecule has 0 spiro atoms. The molecule has 0 radical (unpaired) electrons. The summed E-state index contributed by atoms with van der Waals surface area (Å²) in [5, 5.41) is 0.572. The Labute approximate surface area is 171 Å². The van der Waals surface area contributed by atoms with Crippen LogP contribution in [0.1, 0.15) is 22.3 Å². The summed E-state index contributed by atoms with van der Waals surface area (Å²) in [7, 11) is 3.13. The van der Waals surface area contributed by atoms with E-state index in [0.717, 1.165) is 10.0 Å². The van der Waals surface area contributed by atoms with Crippen LogP contribution in [-0.2, 0) is 19.6 Å². The number of benzene rings is 2. The third-order valence-corrected chi connectivity index (χ3v) is 5.47. The lowest BCUT2D eigenvalue weighted by Crippen LogP contribution is -2.49. The van der Waals surface area contributed by atoms with E-state index in [1.165, 1.54) is 0 Å². The van der Waals surface area contributed by atoms with Crippen molar-refractivity contribution in [1.82, 2.24) is 0 Å². The van der Waals surface area contributed by atoms with Crippen LogP contribution in [0.25, 0.3) is 0 Å². The maximum absolute atomic E-state index is 12.5. The van der Waals surface area contributed by atoms with Crippen LogP contribution in [0, 0.1) is 0 Å². The molecule has 1 heterocycles. The van der Waals surface area contributed by atoms with Crippen molar-refractivity contribution in [1.29, 1.82) is 0 Å². The number of ether oxygens (including phenoxy) is 4. The van der Waals surface area contributed by atoms with Crippen LogP contribution in [0.3, 0.4) is 0 Å². The molecule has 0 fully saturated rings. The maximum atomic E-state index is 12.5. The van der Waals surface area contributed by atoms with Crippen LogP contribution >= 0.6 is 27.5 Å². The molecule has 27 heavy (non-hydrogen) atoms. The molecular formula is C20H20BrClO5. The van der Waals surface area contributed by atoms with Crippen molar-refractivity contribution in [3.63, 3.8) is 0 Å². The van der Waals surface area contributed by atoms with Crippen molar-refractivity contribution < 1.29 is 23.7 Å². The topological polar surface area (TPSA) is 54.0 Å². The molecule has 0 bridgehead atoms. The highest BCUT2D eigenvalue weighted by molar-refractivity contribution is 9.10. The van der Waals surface area contributed by atoms with Crippen LogP contribution in [0.4, 0.5) is 0 Å². The highest BCUT2D eigenvalue weighted by Gasteiger charge is 2.47. The number of rotatable bonds is 6. The van der Waals surface area contributed by atoms with E-state index in [9.17, 15) is 4.79 Å². The lowest BCUT2D eigenvalue weighted by atomic mass is 9.75. The van der Waals surface area contributed by atoms with Gasteiger partial charge in [-0.2, -0.15) is 0 Å². The van der Waals surface area contributed by atoms with E-state index in [-0.39, 0.29) is 6.61 Å². The molecule has 0 amide bonds. The molecule has 2 aromatic carbocycles. The van der Waals surface area contributed by atoms with Gasteiger partial charge in [-0.25, -0.2) is 4.79 Å². The summed E-state index contributed by atoms with van der Waals surface area (Å²) in [5.74, 6) is 0.238. The smallest absolute Gasteiger partial charge is 0.338 e. The van der Waals surface area contributed by atoms with Gasteiger partial charge in [0.05, 0.1) is 17.6 Å². The summed E-state index contributed by atoms with van der Waals surface area (Å²) < 4.78 is 23.5. The molecule has 0 saturated heterocycles. The maximum Gasteiger partial charge on any atom is 0.338 e.